The van der Waals surface area contributed by atoms with Crippen LogP contribution >= 0.6 is 0 Å². The Balaban J connectivity index is 1.66. The number of hydrogen-bond donors (Lipinski definition) is 1. The second-order valence-electron chi connectivity index (χ2n) is 5.76. The molecule has 0 radical (unpaired) electrons. The topological polar surface area (TPSA) is 64.8 Å². The summed E-state index contributed by atoms with van der Waals surface area (Å²) in [6, 6.07) is 16.3. The van der Waals surface area contributed by atoms with Gasteiger partial charge in [0.1, 0.15) is 12.6 Å². The van der Waals surface area contributed by atoms with Crippen LogP contribution in [0.25, 0.3) is 0 Å². The normalized spacial score (nSPS) is 17.2. The molecule has 2 aromatic rings. The van der Waals surface area contributed by atoms with Crippen LogP contribution in [0.15, 0.2) is 54.6 Å². The van der Waals surface area contributed by atoms with Crippen molar-refractivity contribution in [1.82, 2.24) is 4.90 Å². The van der Waals surface area contributed by atoms with E-state index in [-0.39, 0.29) is 12.0 Å². The number of carbonyl (C=O) groups is 1. The van der Waals surface area contributed by atoms with Crippen LogP contribution in [0.5, 0.6) is 11.5 Å². The van der Waals surface area contributed by atoms with Gasteiger partial charge < -0.3 is 20.1 Å². The summed E-state index contributed by atoms with van der Waals surface area (Å²) in [7, 11) is 0. The van der Waals surface area contributed by atoms with Gasteiger partial charge in [-0.05, 0) is 24.6 Å². The highest BCUT2D eigenvalue weighted by Gasteiger charge is 2.27. The maximum atomic E-state index is 12.7. The van der Waals surface area contributed by atoms with E-state index in [0.717, 1.165) is 11.3 Å². The van der Waals surface area contributed by atoms with Gasteiger partial charge in [-0.3, -0.25) is 4.79 Å². The van der Waals surface area contributed by atoms with Crippen LogP contribution in [0.3, 0.4) is 0 Å². The van der Waals surface area contributed by atoms with Crippen LogP contribution in [0.1, 0.15) is 18.5 Å². The summed E-state index contributed by atoms with van der Waals surface area (Å²) >= 11 is 0. The number of nitrogens with two attached hydrogens (primary N) is 1. The monoisotopic (exact) mass is 326 g/mol. The lowest BCUT2D eigenvalue weighted by Gasteiger charge is -2.32. The van der Waals surface area contributed by atoms with Crippen LogP contribution in [-0.2, 0) is 4.79 Å². The molecular formula is C19H22N2O3. The minimum atomic E-state index is -0.664. The van der Waals surface area contributed by atoms with Crippen LogP contribution in [0.4, 0.5) is 0 Å². The van der Waals surface area contributed by atoms with Crippen LogP contribution in [0.2, 0.25) is 0 Å². The molecule has 1 aliphatic heterocycles. The second-order valence-corrected chi connectivity index (χ2v) is 5.76. The van der Waals surface area contributed by atoms with E-state index >= 15 is 0 Å². The van der Waals surface area contributed by atoms with Gasteiger partial charge in [-0.15, -0.1) is 0 Å². The third-order valence-electron chi connectivity index (χ3n) is 4.11. The number of ether oxygens (including phenoxy) is 2. The molecule has 2 unspecified atom stereocenters. The minimum Gasteiger partial charge on any atom is -0.486 e. The van der Waals surface area contributed by atoms with Crippen LogP contribution in [-0.4, -0.2) is 36.6 Å². The molecule has 1 aliphatic rings. The van der Waals surface area contributed by atoms with Gasteiger partial charge in [-0.25, -0.2) is 0 Å². The standard InChI is InChI=1S/C19H22N2O3/c1-2-21(19(22)18(20)14-8-4-3-5-9-14)12-15-13-23-16-10-6-7-11-17(16)24-15/h3-11,15,18H,2,12-13,20H2,1H3. The number of benzene rings is 2. The molecule has 0 bridgehead atoms. The predicted molar refractivity (Wildman–Crippen MR) is 92.0 cm³/mol. The Morgan fingerprint density at radius 1 is 1.17 bits per heavy atom. The van der Waals surface area contributed by atoms with Crippen molar-refractivity contribution in [2.75, 3.05) is 19.7 Å². The van der Waals surface area contributed by atoms with Crippen LogP contribution < -0.4 is 15.2 Å². The number of amides is 1. The average molecular weight is 326 g/mol. The van der Waals surface area contributed by atoms with E-state index in [1.807, 2.05) is 61.5 Å². The van der Waals surface area contributed by atoms with Gasteiger partial charge >= 0.3 is 0 Å². The first kappa shape index (κ1) is 16.3. The zero-order valence-electron chi connectivity index (χ0n) is 13.7. The van der Waals surface area contributed by atoms with Crippen molar-refractivity contribution in [3.05, 3.63) is 60.2 Å². The molecule has 2 N–H and O–H groups in total. The highest BCUT2D eigenvalue weighted by Crippen LogP contribution is 2.31. The highest BCUT2D eigenvalue weighted by molar-refractivity contribution is 5.83. The first-order valence-electron chi connectivity index (χ1n) is 8.17. The Bertz CT molecular complexity index is 690. The maximum absolute atomic E-state index is 12.7. The third-order valence-corrected chi connectivity index (χ3v) is 4.11. The summed E-state index contributed by atoms with van der Waals surface area (Å²) in [5.74, 6) is 1.35. The van der Waals surface area contributed by atoms with Gasteiger partial charge in [0.2, 0.25) is 5.91 Å². The second kappa shape index (κ2) is 7.36. The summed E-state index contributed by atoms with van der Waals surface area (Å²) in [4.78, 5) is 14.4. The van der Waals surface area contributed by atoms with E-state index < -0.39 is 6.04 Å². The smallest absolute Gasteiger partial charge is 0.244 e. The lowest BCUT2D eigenvalue weighted by molar-refractivity contribution is -0.134. The van der Waals surface area contributed by atoms with Gasteiger partial charge in [0, 0.05) is 6.54 Å². The van der Waals surface area contributed by atoms with Crippen LogP contribution in [0, 0.1) is 0 Å². The molecule has 3 rings (SSSR count). The summed E-state index contributed by atoms with van der Waals surface area (Å²) < 4.78 is 11.7. The van der Waals surface area contributed by atoms with Crippen molar-refractivity contribution in [1.29, 1.82) is 0 Å². The number of likely N-dealkylation sites (N-methyl/N-ethyl adjacent to an activating group) is 1. The SMILES string of the molecule is CCN(CC1COc2ccccc2O1)C(=O)C(N)c1ccccc1. The zero-order chi connectivity index (χ0) is 16.9. The molecule has 0 spiro atoms. The fourth-order valence-electron chi connectivity index (χ4n) is 2.77. The van der Waals surface area contributed by atoms with E-state index in [4.69, 9.17) is 15.2 Å². The largest absolute Gasteiger partial charge is 0.486 e. The third kappa shape index (κ3) is 3.51. The summed E-state index contributed by atoms with van der Waals surface area (Å²) in [6.45, 7) is 3.37. The summed E-state index contributed by atoms with van der Waals surface area (Å²) in [6.07, 6.45) is -0.202. The van der Waals surface area contributed by atoms with E-state index in [9.17, 15) is 4.79 Å². The molecule has 0 aliphatic carbocycles. The molecule has 5 nitrogen and oxygen atoms in total. The molecule has 0 saturated heterocycles. The lowest BCUT2D eigenvalue weighted by atomic mass is 10.1. The van der Waals surface area contributed by atoms with E-state index in [2.05, 4.69) is 0 Å². The van der Waals surface area contributed by atoms with Crippen molar-refractivity contribution in [2.24, 2.45) is 5.73 Å². The molecule has 0 aromatic heterocycles. The zero-order valence-corrected chi connectivity index (χ0v) is 13.7. The molecule has 126 valence electrons. The molecule has 24 heavy (non-hydrogen) atoms. The highest BCUT2D eigenvalue weighted by atomic mass is 16.6. The molecule has 5 heteroatoms. The Labute approximate surface area is 142 Å². The maximum Gasteiger partial charge on any atom is 0.244 e. The molecule has 0 saturated carbocycles. The molecule has 2 atom stereocenters. The number of rotatable bonds is 5. The number of hydrogen-bond acceptors (Lipinski definition) is 4. The van der Waals surface area contributed by atoms with Gasteiger partial charge in [0.25, 0.3) is 0 Å². The molecular weight excluding hydrogens is 304 g/mol. The number of carbonyl (C=O) groups excluding carboxylic acids is 1. The molecule has 0 fully saturated rings. The Hall–Kier alpha value is -2.53. The van der Waals surface area contributed by atoms with E-state index in [1.165, 1.54) is 0 Å². The van der Waals surface area contributed by atoms with E-state index in [1.54, 1.807) is 4.90 Å². The van der Waals surface area contributed by atoms with Crippen molar-refractivity contribution < 1.29 is 14.3 Å². The Morgan fingerprint density at radius 2 is 1.83 bits per heavy atom. The number of nitrogens with zero attached hydrogens (tertiary/aromatic N) is 1. The van der Waals surface area contributed by atoms with Gasteiger partial charge in [0.05, 0.1) is 6.54 Å². The van der Waals surface area contributed by atoms with Gasteiger partial charge in [0.15, 0.2) is 17.6 Å². The van der Waals surface area contributed by atoms with Crippen molar-refractivity contribution in [3.8, 4) is 11.5 Å². The van der Waals surface area contributed by atoms with Crippen molar-refractivity contribution >= 4 is 5.91 Å². The summed E-state index contributed by atoms with van der Waals surface area (Å²) in [5.41, 5.74) is 6.95. The summed E-state index contributed by atoms with van der Waals surface area (Å²) in [5, 5.41) is 0. The minimum absolute atomic E-state index is 0.105. The predicted octanol–water partition coefficient (Wildman–Crippen LogP) is 2.37. The van der Waals surface area contributed by atoms with Gasteiger partial charge in [-0.1, -0.05) is 42.5 Å². The van der Waals surface area contributed by atoms with Crippen molar-refractivity contribution in [3.63, 3.8) is 0 Å². The number of para-hydroxylation sites is 2. The molecule has 1 heterocycles. The fraction of sp³-hybridized carbons (Fsp3) is 0.316. The Morgan fingerprint density at radius 3 is 2.54 bits per heavy atom. The first-order valence-corrected chi connectivity index (χ1v) is 8.17. The first-order chi connectivity index (χ1) is 11.7. The van der Waals surface area contributed by atoms with E-state index in [0.29, 0.717) is 25.4 Å². The van der Waals surface area contributed by atoms with Gasteiger partial charge in [-0.2, -0.15) is 0 Å². The average Bonchev–Trinajstić information content (AvgIpc) is 2.65. The van der Waals surface area contributed by atoms with Crippen molar-refractivity contribution in [2.45, 2.75) is 19.1 Å². The molecule has 2 aromatic carbocycles. The lowest BCUT2D eigenvalue weighted by Crippen LogP contribution is -2.46. The fourth-order valence-corrected chi connectivity index (χ4v) is 2.77. The molecule has 1 amide bonds. The Kier molecular flexibility index (Phi) is 5.01. The quantitative estimate of drug-likeness (QED) is 0.916. The number of fused-ring (bicyclic) bond motifs is 1.